The molecule has 232 valence electrons. The van der Waals surface area contributed by atoms with Crippen molar-refractivity contribution in [3.8, 4) is 0 Å². The number of hydrogen-bond acceptors (Lipinski definition) is 10. The minimum absolute atomic E-state index is 0.134. The molecule has 1 unspecified atom stereocenters. The first-order valence-electron chi connectivity index (χ1n) is 12.3. The number of fused-ring (bicyclic) bond motifs is 2. The molecule has 0 saturated heterocycles. The van der Waals surface area contributed by atoms with Gasteiger partial charge in [0.1, 0.15) is 12.4 Å². The van der Waals surface area contributed by atoms with Gasteiger partial charge in [-0.1, -0.05) is 84.9 Å². The topological polar surface area (TPSA) is 174 Å². The van der Waals surface area contributed by atoms with Crippen molar-refractivity contribution in [2.24, 2.45) is 0 Å². The Labute approximate surface area is 252 Å². The van der Waals surface area contributed by atoms with Gasteiger partial charge in [-0.05, 0) is 29.8 Å². The Balaban J connectivity index is 0.000000170. The summed E-state index contributed by atoms with van der Waals surface area (Å²) in [6, 6.07) is 25.6. The van der Waals surface area contributed by atoms with Crippen LogP contribution in [0.1, 0.15) is 22.0 Å². The summed E-state index contributed by atoms with van der Waals surface area (Å²) in [4.78, 5) is 4.99. The molecule has 0 bridgehead atoms. The highest BCUT2D eigenvalue weighted by atomic mass is 32.3. The van der Waals surface area contributed by atoms with Gasteiger partial charge in [0, 0.05) is 5.56 Å². The second kappa shape index (κ2) is 11.9. The number of hydrogen-bond donors (Lipinski definition) is 1. The van der Waals surface area contributed by atoms with E-state index in [2.05, 4.69) is 0 Å². The van der Waals surface area contributed by atoms with Crippen molar-refractivity contribution < 1.29 is 52.4 Å². The Morgan fingerprint density at radius 1 is 0.591 bits per heavy atom. The van der Waals surface area contributed by atoms with E-state index in [0.29, 0.717) is 0 Å². The minimum atomic E-state index is -4.91. The van der Waals surface area contributed by atoms with E-state index >= 15 is 4.39 Å². The third-order valence-electron chi connectivity index (χ3n) is 6.49. The molecular formula is C28H22F2O10S4. The lowest BCUT2D eigenvalue weighted by atomic mass is 10.1. The van der Waals surface area contributed by atoms with Crippen LogP contribution in [0.15, 0.2) is 129 Å². The largest absolute Gasteiger partial charge is 0.383 e. The zero-order valence-corrected chi connectivity index (χ0v) is 25.4. The van der Waals surface area contributed by atoms with Gasteiger partial charge in [0.15, 0.2) is 0 Å². The van der Waals surface area contributed by atoms with Crippen LogP contribution in [0, 0.1) is 0 Å². The second-order valence-corrected chi connectivity index (χ2v) is 17.7. The lowest BCUT2D eigenvalue weighted by Gasteiger charge is -2.24. The van der Waals surface area contributed by atoms with Crippen molar-refractivity contribution in [1.82, 2.24) is 0 Å². The van der Waals surface area contributed by atoms with Gasteiger partial charge in [-0.3, -0.25) is 4.79 Å². The lowest BCUT2D eigenvalue weighted by molar-refractivity contribution is 0.0958. The van der Waals surface area contributed by atoms with E-state index < -0.39 is 74.2 Å². The first-order chi connectivity index (χ1) is 20.6. The Bertz CT molecular complexity index is 2030. The number of aliphatic hydroxyl groups is 1. The van der Waals surface area contributed by atoms with Crippen LogP contribution in [-0.4, -0.2) is 54.2 Å². The third kappa shape index (κ3) is 5.26. The molecule has 1 N–H and O–H groups in total. The molecule has 4 aromatic rings. The predicted octanol–water partition coefficient (Wildman–Crippen LogP) is 3.60. The molecule has 4 aromatic carbocycles. The minimum Gasteiger partial charge on any atom is -0.383 e. The SMILES string of the molecule is O=Cc1ccccc1.O=S1(=O)c2ccccc2S(=O)(=O)C1(F)C(O)c1ccccc1.O=S1(=O)c2ccccc2S(=O)(=O)C1F. The van der Waals surface area contributed by atoms with Crippen molar-refractivity contribution >= 4 is 45.6 Å². The van der Waals surface area contributed by atoms with E-state index in [1.165, 1.54) is 48.5 Å². The predicted molar refractivity (Wildman–Crippen MR) is 154 cm³/mol. The Morgan fingerprint density at radius 2 is 0.932 bits per heavy atom. The van der Waals surface area contributed by atoms with Gasteiger partial charge < -0.3 is 5.11 Å². The van der Waals surface area contributed by atoms with Crippen LogP contribution in [0.5, 0.6) is 0 Å². The van der Waals surface area contributed by atoms with E-state index in [4.69, 9.17) is 0 Å². The van der Waals surface area contributed by atoms with E-state index in [1.807, 2.05) is 18.2 Å². The number of aldehydes is 1. The number of halogens is 2. The van der Waals surface area contributed by atoms with Crippen LogP contribution in [0.2, 0.25) is 0 Å². The monoisotopic (exact) mass is 684 g/mol. The molecule has 44 heavy (non-hydrogen) atoms. The smallest absolute Gasteiger partial charge is 0.346 e. The molecule has 0 radical (unpaired) electrons. The molecule has 16 heteroatoms. The highest BCUT2D eigenvalue weighted by Crippen LogP contribution is 2.52. The molecular weight excluding hydrogens is 663 g/mol. The first kappa shape index (κ1) is 33.1. The fourth-order valence-corrected chi connectivity index (χ4v) is 13.6. The van der Waals surface area contributed by atoms with E-state index in [-0.39, 0.29) is 5.56 Å². The average Bonchev–Trinajstić information content (AvgIpc) is 3.25. The molecule has 0 fully saturated rings. The molecule has 0 amide bonds. The Morgan fingerprint density at radius 3 is 1.30 bits per heavy atom. The number of aliphatic hydroxyl groups excluding tert-OH is 1. The molecule has 0 saturated carbocycles. The number of carbonyl (C=O) groups is 1. The van der Waals surface area contributed by atoms with Crippen molar-refractivity contribution in [3.05, 3.63) is 120 Å². The molecule has 2 aliphatic rings. The fraction of sp³-hybridized carbons (Fsp3) is 0.107. The molecule has 1 atom stereocenters. The van der Waals surface area contributed by atoms with E-state index in [0.717, 1.165) is 36.1 Å². The molecule has 6 rings (SSSR count). The van der Waals surface area contributed by atoms with Gasteiger partial charge in [-0.25, -0.2) is 42.5 Å². The lowest BCUT2D eigenvalue weighted by Crippen LogP contribution is -2.42. The zero-order valence-electron chi connectivity index (χ0n) is 22.1. The molecule has 0 aromatic heterocycles. The molecule has 2 heterocycles. The van der Waals surface area contributed by atoms with Crippen LogP contribution in [0.4, 0.5) is 8.78 Å². The number of rotatable bonds is 3. The van der Waals surface area contributed by atoms with Crippen molar-refractivity contribution in [3.63, 3.8) is 0 Å². The van der Waals surface area contributed by atoms with Crippen LogP contribution < -0.4 is 0 Å². The van der Waals surface area contributed by atoms with Gasteiger partial charge >= 0.3 is 9.17 Å². The number of carbonyl (C=O) groups excluding carboxylic acids is 1. The molecule has 2 aliphatic heterocycles. The summed E-state index contributed by atoms with van der Waals surface area (Å²) in [5.74, 6) is 0. The molecule has 0 spiro atoms. The van der Waals surface area contributed by atoms with Gasteiger partial charge in [-0.15, -0.1) is 0 Å². The summed E-state index contributed by atoms with van der Waals surface area (Å²) in [5.41, 5.74) is 0.595. The summed E-state index contributed by atoms with van der Waals surface area (Å²) in [6.45, 7) is 0. The maximum Gasteiger partial charge on any atom is 0.346 e. The van der Waals surface area contributed by atoms with Gasteiger partial charge in [-0.2, -0.15) is 0 Å². The normalized spacial score (nSPS) is 19.9. The van der Waals surface area contributed by atoms with Gasteiger partial charge in [0.25, 0.3) is 0 Å². The van der Waals surface area contributed by atoms with Crippen LogP contribution in [0.25, 0.3) is 0 Å². The molecule has 10 nitrogen and oxygen atoms in total. The maximum absolute atomic E-state index is 15.3. The van der Waals surface area contributed by atoms with Crippen LogP contribution >= 0.6 is 0 Å². The summed E-state index contributed by atoms with van der Waals surface area (Å²) < 4.78 is 119. The summed E-state index contributed by atoms with van der Waals surface area (Å²) >= 11 is 0. The fourth-order valence-electron chi connectivity index (χ4n) is 4.29. The zero-order chi connectivity index (χ0) is 32.6. The highest BCUT2D eigenvalue weighted by molar-refractivity contribution is 8.12. The van der Waals surface area contributed by atoms with E-state index in [9.17, 15) is 48.0 Å². The van der Waals surface area contributed by atoms with Crippen molar-refractivity contribution in [2.75, 3.05) is 0 Å². The van der Waals surface area contributed by atoms with Crippen LogP contribution in [-0.2, 0) is 39.3 Å². The number of benzene rings is 4. The average molecular weight is 685 g/mol. The quantitative estimate of drug-likeness (QED) is 0.314. The van der Waals surface area contributed by atoms with Crippen molar-refractivity contribution in [1.29, 1.82) is 0 Å². The summed E-state index contributed by atoms with van der Waals surface area (Å²) in [6.07, 6.45) is -1.52. The summed E-state index contributed by atoms with van der Waals surface area (Å²) in [7, 11) is -18.5. The Hall–Kier alpha value is -3.83. The number of sulfone groups is 4. The van der Waals surface area contributed by atoms with Gasteiger partial charge in [0.2, 0.25) is 39.3 Å². The maximum atomic E-state index is 15.3. The van der Waals surface area contributed by atoms with Gasteiger partial charge in [0.05, 0.1) is 19.6 Å². The Kier molecular flexibility index (Phi) is 8.97. The third-order valence-corrected chi connectivity index (χ3v) is 16.3. The first-order valence-corrected chi connectivity index (χ1v) is 18.3. The summed E-state index contributed by atoms with van der Waals surface area (Å²) in [5, 5.41) is 10.2. The molecule has 0 aliphatic carbocycles. The standard InChI is InChI=1S/C14H11FO5S2.C7H5FO4S2.C7H6O/c15-14(13(16)10-6-2-1-3-7-10)21(17,18)11-8-4-5-9-12(11)22(14,19)20;8-7-13(9,10)5-3-1-2-4-6(5)14(7,11)12;8-6-7-4-2-1-3-5-7/h1-9,13,16H;1-4,7H;1-6H. The van der Waals surface area contributed by atoms with Crippen LogP contribution in [0.3, 0.4) is 0 Å². The number of alkyl halides is 2. The van der Waals surface area contributed by atoms with E-state index in [1.54, 1.807) is 18.2 Å². The van der Waals surface area contributed by atoms with Crippen molar-refractivity contribution in [2.45, 2.75) is 34.9 Å². The second-order valence-electron chi connectivity index (χ2n) is 9.19. The highest BCUT2D eigenvalue weighted by Gasteiger charge is 2.68.